The van der Waals surface area contributed by atoms with Gasteiger partial charge in [0.15, 0.2) is 0 Å². The first-order valence-corrected chi connectivity index (χ1v) is 6.42. The molecule has 0 radical (unpaired) electrons. The van der Waals surface area contributed by atoms with Crippen LogP contribution >= 0.6 is 0 Å². The van der Waals surface area contributed by atoms with Crippen molar-refractivity contribution >= 4 is 11.7 Å². The second kappa shape index (κ2) is 6.65. The van der Waals surface area contributed by atoms with Gasteiger partial charge in [-0.25, -0.2) is 4.79 Å². The molecule has 0 amide bonds. The van der Waals surface area contributed by atoms with Crippen molar-refractivity contribution in [3.8, 4) is 11.5 Å². The third-order valence-corrected chi connectivity index (χ3v) is 3.08. The molecule has 110 valence electrons. The number of rotatable bonds is 6. The first-order valence-electron chi connectivity index (χ1n) is 6.42. The Balaban J connectivity index is 2.18. The van der Waals surface area contributed by atoms with Gasteiger partial charge in [0.25, 0.3) is 0 Å². The zero-order valence-corrected chi connectivity index (χ0v) is 11.9. The lowest BCUT2D eigenvalue weighted by Crippen LogP contribution is -2.07. The fourth-order valence-electron chi connectivity index (χ4n) is 1.99. The zero-order valence-electron chi connectivity index (χ0n) is 11.9. The highest BCUT2D eigenvalue weighted by Gasteiger charge is 2.09. The Labute approximate surface area is 123 Å². The Kier molecular flexibility index (Phi) is 4.66. The molecule has 2 aromatic rings. The summed E-state index contributed by atoms with van der Waals surface area (Å²) in [6.45, 7) is 0.402. The molecule has 0 unspecified atom stereocenters. The van der Waals surface area contributed by atoms with Crippen LogP contribution in [0.4, 0.5) is 5.69 Å². The van der Waals surface area contributed by atoms with Gasteiger partial charge in [0.2, 0.25) is 0 Å². The molecule has 0 atom stereocenters. The molecule has 0 fully saturated rings. The average molecular weight is 287 g/mol. The van der Waals surface area contributed by atoms with Crippen LogP contribution in [0.3, 0.4) is 0 Å². The molecule has 0 aliphatic carbocycles. The van der Waals surface area contributed by atoms with E-state index in [2.05, 4.69) is 5.32 Å². The lowest BCUT2D eigenvalue weighted by atomic mass is 10.1. The molecule has 0 bridgehead atoms. The van der Waals surface area contributed by atoms with Crippen molar-refractivity contribution in [2.45, 2.75) is 6.54 Å². The van der Waals surface area contributed by atoms with Crippen LogP contribution < -0.4 is 14.8 Å². The van der Waals surface area contributed by atoms with Crippen LogP contribution in [0.15, 0.2) is 42.5 Å². The van der Waals surface area contributed by atoms with E-state index in [4.69, 9.17) is 14.6 Å². The van der Waals surface area contributed by atoms with E-state index in [0.29, 0.717) is 29.2 Å². The molecule has 0 aromatic heterocycles. The SMILES string of the molecule is COc1cc(NCc2ccccc2C(=O)O)cc(OC)c1. The van der Waals surface area contributed by atoms with Gasteiger partial charge >= 0.3 is 5.97 Å². The van der Waals surface area contributed by atoms with Gasteiger partial charge in [-0.1, -0.05) is 18.2 Å². The third-order valence-electron chi connectivity index (χ3n) is 3.08. The molecule has 2 N–H and O–H groups in total. The Morgan fingerprint density at radius 1 is 1.10 bits per heavy atom. The molecular weight excluding hydrogens is 270 g/mol. The minimum absolute atomic E-state index is 0.292. The van der Waals surface area contributed by atoms with E-state index in [1.807, 2.05) is 18.2 Å². The summed E-state index contributed by atoms with van der Waals surface area (Å²) in [5.74, 6) is 0.405. The molecule has 0 aliphatic heterocycles. The predicted octanol–water partition coefficient (Wildman–Crippen LogP) is 3.01. The zero-order chi connectivity index (χ0) is 15.2. The van der Waals surface area contributed by atoms with Gasteiger partial charge in [-0.2, -0.15) is 0 Å². The minimum atomic E-state index is -0.935. The molecule has 0 aliphatic rings. The summed E-state index contributed by atoms with van der Waals surface area (Å²) in [4.78, 5) is 11.2. The Hall–Kier alpha value is -2.69. The van der Waals surface area contributed by atoms with Crippen LogP contribution in [-0.2, 0) is 6.54 Å². The third kappa shape index (κ3) is 3.66. The summed E-state index contributed by atoms with van der Waals surface area (Å²) in [6.07, 6.45) is 0. The molecule has 0 heterocycles. The number of benzene rings is 2. The number of ether oxygens (including phenoxy) is 2. The molecule has 5 nitrogen and oxygen atoms in total. The quantitative estimate of drug-likeness (QED) is 0.854. The number of carbonyl (C=O) groups is 1. The van der Waals surface area contributed by atoms with Crippen molar-refractivity contribution in [2.24, 2.45) is 0 Å². The van der Waals surface area contributed by atoms with E-state index in [9.17, 15) is 4.79 Å². The second-order valence-corrected chi connectivity index (χ2v) is 4.42. The van der Waals surface area contributed by atoms with Gasteiger partial charge in [-0.15, -0.1) is 0 Å². The number of hydrogen-bond acceptors (Lipinski definition) is 4. The van der Waals surface area contributed by atoms with E-state index in [1.54, 1.807) is 38.5 Å². The number of hydrogen-bond donors (Lipinski definition) is 2. The molecule has 0 saturated heterocycles. The number of carboxylic acids is 1. The van der Waals surface area contributed by atoms with Crippen molar-refractivity contribution in [2.75, 3.05) is 19.5 Å². The number of aromatic carboxylic acids is 1. The Bertz CT molecular complexity index is 618. The minimum Gasteiger partial charge on any atom is -0.497 e. The number of nitrogens with one attached hydrogen (secondary N) is 1. The van der Waals surface area contributed by atoms with E-state index in [0.717, 1.165) is 5.69 Å². The maximum atomic E-state index is 11.2. The summed E-state index contributed by atoms with van der Waals surface area (Å²) in [7, 11) is 3.16. The summed E-state index contributed by atoms with van der Waals surface area (Å²) >= 11 is 0. The van der Waals surface area contributed by atoms with Crippen LogP contribution in [0, 0.1) is 0 Å². The molecule has 21 heavy (non-hydrogen) atoms. The maximum absolute atomic E-state index is 11.2. The van der Waals surface area contributed by atoms with Crippen LogP contribution in [0.1, 0.15) is 15.9 Å². The molecule has 5 heteroatoms. The number of carboxylic acid groups (broad SMARTS) is 1. The van der Waals surface area contributed by atoms with Crippen molar-refractivity contribution in [3.63, 3.8) is 0 Å². The number of methoxy groups -OCH3 is 2. The fourth-order valence-corrected chi connectivity index (χ4v) is 1.99. The molecular formula is C16H17NO4. The summed E-state index contributed by atoms with van der Waals surface area (Å²) in [6, 6.07) is 12.3. The first-order chi connectivity index (χ1) is 10.1. The summed E-state index contributed by atoms with van der Waals surface area (Å²) in [5, 5.41) is 12.3. The monoisotopic (exact) mass is 287 g/mol. The Morgan fingerprint density at radius 2 is 1.71 bits per heavy atom. The normalized spacial score (nSPS) is 10.0. The van der Waals surface area contributed by atoms with Crippen LogP contribution in [-0.4, -0.2) is 25.3 Å². The van der Waals surface area contributed by atoms with Gasteiger partial charge in [0, 0.05) is 30.4 Å². The van der Waals surface area contributed by atoms with Crippen molar-refractivity contribution in [3.05, 3.63) is 53.6 Å². The molecule has 2 rings (SSSR count). The molecule has 0 spiro atoms. The highest BCUT2D eigenvalue weighted by molar-refractivity contribution is 5.89. The average Bonchev–Trinajstić information content (AvgIpc) is 2.52. The van der Waals surface area contributed by atoms with Crippen molar-refractivity contribution in [1.82, 2.24) is 0 Å². The van der Waals surface area contributed by atoms with Crippen LogP contribution in [0.2, 0.25) is 0 Å². The second-order valence-electron chi connectivity index (χ2n) is 4.42. The standard InChI is InChI=1S/C16H17NO4/c1-20-13-7-12(8-14(9-13)21-2)17-10-11-5-3-4-6-15(11)16(18)19/h3-9,17H,10H2,1-2H3,(H,18,19). The van der Waals surface area contributed by atoms with Gasteiger partial charge < -0.3 is 19.9 Å². The summed E-state index contributed by atoms with van der Waals surface area (Å²) in [5.41, 5.74) is 1.80. The lowest BCUT2D eigenvalue weighted by molar-refractivity contribution is 0.0696. The number of anilines is 1. The van der Waals surface area contributed by atoms with Crippen LogP contribution in [0.25, 0.3) is 0 Å². The predicted molar refractivity (Wildman–Crippen MR) is 80.3 cm³/mol. The summed E-state index contributed by atoms with van der Waals surface area (Å²) < 4.78 is 10.4. The first kappa shape index (κ1) is 14.7. The van der Waals surface area contributed by atoms with E-state index >= 15 is 0 Å². The van der Waals surface area contributed by atoms with E-state index in [1.165, 1.54) is 0 Å². The maximum Gasteiger partial charge on any atom is 0.336 e. The molecule has 0 saturated carbocycles. The van der Waals surface area contributed by atoms with Gasteiger partial charge in [-0.3, -0.25) is 0 Å². The van der Waals surface area contributed by atoms with E-state index < -0.39 is 5.97 Å². The highest BCUT2D eigenvalue weighted by Crippen LogP contribution is 2.26. The van der Waals surface area contributed by atoms with Gasteiger partial charge in [-0.05, 0) is 11.6 Å². The Morgan fingerprint density at radius 3 is 2.29 bits per heavy atom. The van der Waals surface area contributed by atoms with E-state index in [-0.39, 0.29) is 0 Å². The largest absolute Gasteiger partial charge is 0.497 e. The van der Waals surface area contributed by atoms with Crippen LogP contribution in [0.5, 0.6) is 11.5 Å². The smallest absolute Gasteiger partial charge is 0.336 e. The lowest BCUT2D eigenvalue weighted by Gasteiger charge is -2.12. The highest BCUT2D eigenvalue weighted by atomic mass is 16.5. The molecule has 2 aromatic carbocycles. The van der Waals surface area contributed by atoms with Gasteiger partial charge in [0.1, 0.15) is 11.5 Å². The topological polar surface area (TPSA) is 67.8 Å². The fraction of sp³-hybridized carbons (Fsp3) is 0.188. The van der Waals surface area contributed by atoms with Gasteiger partial charge in [0.05, 0.1) is 19.8 Å². The van der Waals surface area contributed by atoms with Crippen molar-refractivity contribution in [1.29, 1.82) is 0 Å². The van der Waals surface area contributed by atoms with Crippen molar-refractivity contribution < 1.29 is 19.4 Å².